The summed E-state index contributed by atoms with van der Waals surface area (Å²) in [6, 6.07) is 0. The highest BCUT2D eigenvalue weighted by atomic mass is 16.6. The van der Waals surface area contributed by atoms with Gasteiger partial charge in [-0.05, 0) is 70.6 Å². The Kier molecular flexibility index (Phi) is 46.9. The van der Waals surface area contributed by atoms with Gasteiger partial charge in [0, 0.05) is 19.3 Å². The molecule has 0 saturated carbocycles. The quantitative estimate of drug-likeness (QED) is 0.0263. The minimum absolute atomic E-state index is 0.0794. The zero-order valence-corrected chi connectivity index (χ0v) is 39.9. The average Bonchev–Trinajstić information content (AvgIpc) is 3.26. The van der Waals surface area contributed by atoms with Crippen LogP contribution >= 0.6 is 0 Å². The first-order valence-corrected chi connectivity index (χ1v) is 25.4. The molecule has 0 aromatic heterocycles. The van der Waals surface area contributed by atoms with Crippen molar-refractivity contribution in [1.82, 2.24) is 0 Å². The molecule has 6 nitrogen and oxygen atoms in total. The highest BCUT2D eigenvalue weighted by Crippen LogP contribution is 2.15. The van der Waals surface area contributed by atoms with E-state index in [2.05, 4.69) is 93.7 Å². The fraction of sp³-hybridized carbons (Fsp3) is 0.727. The lowest BCUT2D eigenvalue weighted by molar-refractivity contribution is -0.167. The maximum Gasteiger partial charge on any atom is 0.306 e. The second kappa shape index (κ2) is 49.5. The van der Waals surface area contributed by atoms with Gasteiger partial charge in [0.15, 0.2) is 6.10 Å². The van der Waals surface area contributed by atoms with Gasteiger partial charge < -0.3 is 14.2 Å². The molecule has 0 saturated heterocycles. The van der Waals surface area contributed by atoms with E-state index in [9.17, 15) is 14.4 Å². The fourth-order valence-electron chi connectivity index (χ4n) is 6.92. The Morgan fingerprint density at radius 1 is 0.344 bits per heavy atom. The largest absolute Gasteiger partial charge is 0.462 e. The van der Waals surface area contributed by atoms with Gasteiger partial charge in [-0.25, -0.2) is 0 Å². The monoisotopic (exact) mass is 851 g/mol. The molecule has 0 spiro atoms. The van der Waals surface area contributed by atoms with Crippen LogP contribution in [0.1, 0.15) is 239 Å². The van der Waals surface area contributed by atoms with Crippen LogP contribution in [0.3, 0.4) is 0 Å². The van der Waals surface area contributed by atoms with Gasteiger partial charge in [-0.15, -0.1) is 0 Å². The van der Waals surface area contributed by atoms with Gasteiger partial charge in [0.2, 0.25) is 0 Å². The summed E-state index contributed by atoms with van der Waals surface area (Å²) in [6.07, 6.45) is 62.1. The number of unbranched alkanes of at least 4 members (excludes halogenated alkanes) is 22. The Balaban J connectivity index is 4.16. The minimum atomic E-state index is -0.774. The van der Waals surface area contributed by atoms with E-state index < -0.39 is 6.10 Å². The van der Waals surface area contributed by atoms with E-state index in [1.165, 1.54) is 89.9 Å². The van der Waals surface area contributed by atoms with Crippen LogP contribution in [0.25, 0.3) is 0 Å². The van der Waals surface area contributed by atoms with E-state index in [-0.39, 0.29) is 31.1 Å². The van der Waals surface area contributed by atoms with Crippen LogP contribution in [-0.2, 0) is 28.6 Å². The van der Waals surface area contributed by atoms with Crippen LogP contribution < -0.4 is 0 Å². The molecule has 0 aliphatic carbocycles. The summed E-state index contributed by atoms with van der Waals surface area (Å²) >= 11 is 0. The van der Waals surface area contributed by atoms with Gasteiger partial charge in [0.05, 0.1) is 0 Å². The molecule has 0 heterocycles. The molecule has 0 aromatic carbocycles. The zero-order valence-electron chi connectivity index (χ0n) is 39.9. The predicted octanol–water partition coefficient (Wildman–Crippen LogP) is 16.6. The Morgan fingerprint density at radius 3 is 1.00 bits per heavy atom. The summed E-state index contributed by atoms with van der Waals surface area (Å²) in [7, 11) is 0. The molecule has 0 aliphatic rings. The third-order valence-electron chi connectivity index (χ3n) is 10.7. The summed E-state index contributed by atoms with van der Waals surface area (Å²) in [5, 5.41) is 0. The number of esters is 3. The Hall–Kier alpha value is -3.15. The predicted molar refractivity (Wildman–Crippen MR) is 261 cm³/mol. The summed E-state index contributed by atoms with van der Waals surface area (Å²) in [5.41, 5.74) is 0. The van der Waals surface area contributed by atoms with Crippen LogP contribution in [-0.4, -0.2) is 37.2 Å². The first-order chi connectivity index (χ1) is 30.0. The molecular formula is C55H94O6. The Morgan fingerprint density at radius 2 is 0.639 bits per heavy atom. The van der Waals surface area contributed by atoms with Gasteiger partial charge in [0.1, 0.15) is 13.2 Å². The maximum atomic E-state index is 12.7. The molecular weight excluding hydrogens is 757 g/mol. The Bertz CT molecular complexity index is 1160. The van der Waals surface area contributed by atoms with Crippen LogP contribution in [0, 0.1) is 0 Å². The van der Waals surface area contributed by atoms with Crippen molar-refractivity contribution in [1.29, 1.82) is 0 Å². The zero-order chi connectivity index (χ0) is 44.4. The SMILES string of the molecule is CC/C=C\C/C=C\C/C=C\C/C=C\C/C=C\C/C=C\CCCCCCCCC(=O)OCC(COC(=O)CCCCCCC)OC(=O)CCCCCCCCCCCCCCC. The van der Waals surface area contributed by atoms with Crippen LogP contribution in [0.15, 0.2) is 72.9 Å². The number of hydrogen-bond donors (Lipinski definition) is 0. The lowest BCUT2D eigenvalue weighted by Gasteiger charge is -2.18. The molecule has 0 amide bonds. The Labute approximate surface area is 376 Å². The normalized spacial score (nSPS) is 12.6. The standard InChI is InChI=1S/C55H94O6/c1-4-7-10-13-15-17-19-21-22-23-24-25-26-27-28-29-30-31-32-34-35-37-39-42-45-48-54(57)60-51-52(50-59-53(56)47-44-41-12-9-6-3)61-55(58)49-46-43-40-38-36-33-20-18-16-14-11-8-5-2/h7,10,15,17,21-22,24-25,27-28,30-31,52H,4-6,8-9,11-14,16,18-20,23,26,29,32-51H2,1-3H3/b10-7-,17-15-,22-21-,25-24-,28-27-,31-30-. The molecule has 61 heavy (non-hydrogen) atoms. The van der Waals surface area contributed by atoms with Crippen molar-refractivity contribution in [3.8, 4) is 0 Å². The minimum Gasteiger partial charge on any atom is -0.462 e. The highest BCUT2D eigenvalue weighted by Gasteiger charge is 2.19. The number of rotatable bonds is 45. The molecule has 0 radical (unpaired) electrons. The molecule has 0 bridgehead atoms. The summed E-state index contributed by atoms with van der Waals surface area (Å²) in [6.45, 7) is 6.42. The summed E-state index contributed by atoms with van der Waals surface area (Å²) in [5.74, 6) is -0.907. The third kappa shape index (κ3) is 47.7. The van der Waals surface area contributed by atoms with Crippen molar-refractivity contribution in [2.45, 2.75) is 245 Å². The van der Waals surface area contributed by atoms with E-state index in [4.69, 9.17) is 14.2 Å². The maximum absolute atomic E-state index is 12.7. The van der Waals surface area contributed by atoms with Crippen molar-refractivity contribution in [3.63, 3.8) is 0 Å². The second-order valence-corrected chi connectivity index (χ2v) is 16.7. The van der Waals surface area contributed by atoms with Crippen molar-refractivity contribution < 1.29 is 28.6 Å². The number of hydrogen-bond acceptors (Lipinski definition) is 6. The molecule has 1 atom stereocenters. The first kappa shape index (κ1) is 57.9. The van der Waals surface area contributed by atoms with Crippen LogP contribution in [0.2, 0.25) is 0 Å². The van der Waals surface area contributed by atoms with Crippen molar-refractivity contribution in [2.24, 2.45) is 0 Å². The smallest absolute Gasteiger partial charge is 0.306 e. The topological polar surface area (TPSA) is 78.9 Å². The van der Waals surface area contributed by atoms with E-state index >= 15 is 0 Å². The molecule has 0 N–H and O–H groups in total. The van der Waals surface area contributed by atoms with Gasteiger partial charge in [-0.1, -0.05) is 222 Å². The number of carbonyl (C=O) groups excluding carboxylic acids is 3. The highest BCUT2D eigenvalue weighted by molar-refractivity contribution is 5.71. The van der Waals surface area contributed by atoms with Gasteiger partial charge in [-0.2, -0.15) is 0 Å². The van der Waals surface area contributed by atoms with Gasteiger partial charge in [-0.3, -0.25) is 14.4 Å². The molecule has 350 valence electrons. The number of carbonyl (C=O) groups is 3. The first-order valence-electron chi connectivity index (χ1n) is 25.4. The second-order valence-electron chi connectivity index (χ2n) is 16.7. The molecule has 0 fully saturated rings. The average molecular weight is 851 g/mol. The van der Waals surface area contributed by atoms with Crippen molar-refractivity contribution in [3.05, 3.63) is 72.9 Å². The fourth-order valence-corrected chi connectivity index (χ4v) is 6.92. The van der Waals surface area contributed by atoms with E-state index in [1.54, 1.807) is 0 Å². The molecule has 1 unspecified atom stereocenters. The lowest BCUT2D eigenvalue weighted by Crippen LogP contribution is -2.30. The van der Waals surface area contributed by atoms with Crippen molar-refractivity contribution >= 4 is 17.9 Å². The molecule has 0 aromatic rings. The van der Waals surface area contributed by atoms with Crippen LogP contribution in [0.5, 0.6) is 0 Å². The summed E-state index contributed by atoms with van der Waals surface area (Å²) < 4.78 is 16.6. The lowest BCUT2D eigenvalue weighted by atomic mass is 10.0. The van der Waals surface area contributed by atoms with E-state index in [0.29, 0.717) is 19.3 Å². The molecule has 6 heteroatoms. The number of ether oxygens (including phenoxy) is 3. The summed E-state index contributed by atoms with van der Waals surface area (Å²) in [4.78, 5) is 37.6. The third-order valence-corrected chi connectivity index (χ3v) is 10.7. The van der Waals surface area contributed by atoms with E-state index in [0.717, 1.165) is 109 Å². The van der Waals surface area contributed by atoms with Gasteiger partial charge in [0.25, 0.3) is 0 Å². The number of allylic oxidation sites excluding steroid dienone is 12. The van der Waals surface area contributed by atoms with Crippen LogP contribution in [0.4, 0.5) is 0 Å². The van der Waals surface area contributed by atoms with Crippen molar-refractivity contribution in [2.75, 3.05) is 13.2 Å². The van der Waals surface area contributed by atoms with E-state index in [1.807, 2.05) is 0 Å². The molecule has 0 rings (SSSR count). The van der Waals surface area contributed by atoms with Gasteiger partial charge >= 0.3 is 17.9 Å². The molecule has 0 aliphatic heterocycles.